The molecular formula is C22H24N2O4. The zero-order valence-electron chi connectivity index (χ0n) is 16.3. The molecule has 3 aromatic rings. The van der Waals surface area contributed by atoms with E-state index < -0.39 is 6.10 Å². The minimum atomic E-state index is -0.709. The molecule has 0 saturated carbocycles. The van der Waals surface area contributed by atoms with Gasteiger partial charge in [-0.05, 0) is 49.7 Å². The van der Waals surface area contributed by atoms with Crippen LogP contribution in [0.15, 0.2) is 54.7 Å². The number of rotatable bonds is 8. The van der Waals surface area contributed by atoms with E-state index in [-0.39, 0.29) is 5.91 Å². The lowest BCUT2D eigenvalue weighted by atomic mass is 10.1. The van der Waals surface area contributed by atoms with E-state index in [2.05, 4.69) is 10.3 Å². The fourth-order valence-corrected chi connectivity index (χ4v) is 2.78. The highest BCUT2D eigenvalue weighted by molar-refractivity contribution is 6.04. The molecule has 0 unspecified atom stereocenters. The lowest BCUT2D eigenvalue weighted by Crippen LogP contribution is -2.30. The molecule has 1 N–H and O–H groups in total. The fourth-order valence-electron chi connectivity index (χ4n) is 2.78. The van der Waals surface area contributed by atoms with E-state index in [0.29, 0.717) is 35.1 Å². The highest BCUT2D eigenvalue weighted by atomic mass is 16.5. The van der Waals surface area contributed by atoms with Crippen molar-refractivity contribution in [3.05, 3.63) is 54.7 Å². The lowest BCUT2D eigenvalue weighted by Gasteiger charge is -2.17. The number of nitrogens with one attached hydrogen (secondary N) is 1. The van der Waals surface area contributed by atoms with Crippen LogP contribution in [0.2, 0.25) is 0 Å². The summed E-state index contributed by atoms with van der Waals surface area (Å²) in [7, 11) is 1.56. The van der Waals surface area contributed by atoms with Crippen molar-refractivity contribution in [3.8, 4) is 17.2 Å². The molecule has 0 aliphatic heterocycles. The number of aromatic nitrogens is 1. The molecule has 6 nitrogen and oxygen atoms in total. The maximum absolute atomic E-state index is 12.7. The van der Waals surface area contributed by atoms with Gasteiger partial charge in [-0.25, -0.2) is 0 Å². The molecule has 0 spiro atoms. The Morgan fingerprint density at radius 2 is 1.86 bits per heavy atom. The molecule has 0 saturated heterocycles. The third-order valence-electron chi connectivity index (χ3n) is 4.19. The first-order valence-electron chi connectivity index (χ1n) is 9.25. The Morgan fingerprint density at radius 3 is 2.61 bits per heavy atom. The number of amides is 1. The van der Waals surface area contributed by atoms with Crippen LogP contribution in [0.25, 0.3) is 10.9 Å². The average molecular weight is 380 g/mol. The van der Waals surface area contributed by atoms with E-state index in [4.69, 9.17) is 14.2 Å². The minimum Gasteiger partial charge on any atom is -0.493 e. The second kappa shape index (κ2) is 9.08. The smallest absolute Gasteiger partial charge is 0.265 e. The number of nitrogens with zero attached hydrogens (tertiary/aromatic N) is 1. The van der Waals surface area contributed by atoms with Crippen LogP contribution in [0.4, 0.5) is 5.69 Å². The number of ether oxygens (including phenoxy) is 3. The summed E-state index contributed by atoms with van der Waals surface area (Å²) < 4.78 is 16.8. The van der Waals surface area contributed by atoms with Crippen LogP contribution in [0.3, 0.4) is 0 Å². The molecule has 28 heavy (non-hydrogen) atoms. The van der Waals surface area contributed by atoms with Crippen LogP contribution >= 0.6 is 0 Å². The summed E-state index contributed by atoms with van der Waals surface area (Å²) in [5.41, 5.74) is 1.37. The average Bonchev–Trinajstić information content (AvgIpc) is 2.73. The number of carbonyl (C=O) groups excluding carboxylic acids is 1. The normalized spacial score (nSPS) is 11.7. The lowest BCUT2D eigenvalue weighted by molar-refractivity contribution is -0.122. The number of benzene rings is 2. The molecule has 0 radical (unpaired) electrons. The van der Waals surface area contributed by atoms with Crippen molar-refractivity contribution >= 4 is 22.5 Å². The van der Waals surface area contributed by atoms with E-state index in [1.165, 1.54) is 0 Å². The van der Waals surface area contributed by atoms with Gasteiger partial charge in [0, 0.05) is 11.6 Å². The summed E-state index contributed by atoms with van der Waals surface area (Å²) in [4.78, 5) is 17.1. The molecule has 0 aliphatic carbocycles. The molecule has 6 heteroatoms. The third kappa shape index (κ3) is 4.34. The quantitative estimate of drug-likeness (QED) is 0.626. The summed E-state index contributed by atoms with van der Waals surface area (Å²) in [5, 5.41) is 3.74. The van der Waals surface area contributed by atoms with Gasteiger partial charge >= 0.3 is 0 Å². The molecule has 146 valence electrons. The molecule has 1 heterocycles. The molecular weight excluding hydrogens is 356 g/mol. The number of anilines is 1. The van der Waals surface area contributed by atoms with Crippen LogP contribution < -0.4 is 19.5 Å². The van der Waals surface area contributed by atoms with Crippen molar-refractivity contribution in [3.63, 3.8) is 0 Å². The molecule has 1 atom stereocenters. The molecule has 0 fully saturated rings. The summed E-state index contributed by atoms with van der Waals surface area (Å²) in [5.74, 6) is 1.53. The number of hydrogen-bond acceptors (Lipinski definition) is 5. The summed E-state index contributed by atoms with van der Waals surface area (Å²) in [6, 6.07) is 14.6. The van der Waals surface area contributed by atoms with Gasteiger partial charge < -0.3 is 19.5 Å². The van der Waals surface area contributed by atoms with Crippen LogP contribution in [0.5, 0.6) is 17.2 Å². The van der Waals surface area contributed by atoms with Gasteiger partial charge in [-0.2, -0.15) is 0 Å². The van der Waals surface area contributed by atoms with Crippen molar-refractivity contribution in [2.75, 3.05) is 19.0 Å². The monoisotopic (exact) mass is 380 g/mol. The van der Waals surface area contributed by atoms with Gasteiger partial charge in [0.05, 0.1) is 19.4 Å². The van der Waals surface area contributed by atoms with Gasteiger partial charge in [-0.15, -0.1) is 0 Å². The number of pyridine rings is 1. The SMILES string of the molecule is CCCOc1ccc(NC(=O)[C@@H](C)Oc2ccccc2OC)c2cccnc12. The maximum atomic E-state index is 12.7. The maximum Gasteiger partial charge on any atom is 0.265 e. The Morgan fingerprint density at radius 1 is 1.07 bits per heavy atom. The van der Waals surface area contributed by atoms with Crippen molar-refractivity contribution in [1.82, 2.24) is 4.98 Å². The van der Waals surface area contributed by atoms with Gasteiger partial charge in [0.2, 0.25) is 0 Å². The summed E-state index contributed by atoms with van der Waals surface area (Å²) >= 11 is 0. The highest BCUT2D eigenvalue weighted by Crippen LogP contribution is 2.31. The van der Waals surface area contributed by atoms with Gasteiger partial charge in [0.15, 0.2) is 17.6 Å². The third-order valence-corrected chi connectivity index (χ3v) is 4.19. The molecule has 0 bridgehead atoms. The summed E-state index contributed by atoms with van der Waals surface area (Å²) in [6.45, 7) is 4.36. The molecule has 3 rings (SSSR count). The number of methoxy groups -OCH3 is 1. The fraction of sp³-hybridized carbons (Fsp3) is 0.273. The first kappa shape index (κ1) is 19.5. The number of hydrogen-bond donors (Lipinski definition) is 1. The molecule has 2 aromatic carbocycles. The molecule has 1 aromatic heterocycles. The van der Waals surface area contributed by atoms with E-state index in [1.807, 2.05) is 43.3 Å². The Bertz CT molecular complexity index is 958. The van der Waals surface area contributed by atoms with Crippen LogP contribution in [0, 0.1) is 0 Å². The Balaban J connectivity index is 1.79. The minimum absolute atomic E-state index is 0.265. The van der Waals surface area contributed by atoms with E-state index >= 15 is 0 Å². The second-order valence-corrected chi connectivity index (χ2v) is 6.26. The molecule has 1 amide bonds. The van der Waals surface area contributed by atoms with E-state index in [9.17, 15) is 4.79 Å². The van der Waals surface area contributed by atoms with Crippen molar-refractivity contribution in [2.24, 2.45) is 0 Å². The number of fused-ring (bicyclic) bond motifs is 1. The van der Waals surface area contributed by atoms with Gasteiger partial charge in [-0.3, -0.25) is 9.78 Å². The topological polar surface area (TPSA) is 69.7 Å². The van der Waals surface area contributed by atoms with Crippen LogP contribution in [-0.2, 0) is 4.79 Å². The number of para-hydroxylation sites is 2. The second-order valence-electron chi connectivity index (χ2n) is 6.26. The van der Waals surface area contributed by atoms with Gasteiger partial charge in [-0.1, -0.05) is 19.1 Å². The standard InChI is InChI=1S/C22H24N2O4/c1-4-14-27-20-12-11-17(16-8-7-13-23-21(16)20)24-22(25)15(2)28-19-10-6-5-9-18(19)26-3/h5-13,15H,4,14H2,1-3H3,(H,24,25)/t15-/m1/s1. The van der Waals surface area contributed by atoms with E-state index in [1.54, 1.807) is 32.4 Å². The van der Waals surface area contributed by atoms with Crippen LogP contribution in [0.1, 0.15) is 20.3 Å². The van der Waals surface area contributed by atoms with Gasteiger partial charge in [0.1, 0.15) is 11.3 Å². The largest absolute Gasteiger partial charge is 0.493 e. The van der Waals surface area contributed by atoms with Gasteiger partial charge in [0.25, 0.3) is 5.91 Å². The first-order chi connectivity index (χ1) is 13.6. The van der Waals surface area contributed by atoms with E-state index in [0.717, 1.165) is 11.8 Å². The van der Waals surface area contributed by atoms with Crippen molar-refractivity contribution in [2.45, 2.75) is 26.4 Å². The Kier molecular flexibility index (Phi) is 6.32. The highest BCUT2D eigenvalue weighted by Gasteiger charge is 2.18. The van der Waals surface area contributed by atoms with Crippen molar-refractivity contribution < 1.29 is 19.0 Å². The summed E-state index contributed by atoms with van der Waals surface area (Å²) in [6.07, 6.45) is 1.91. The Hall–Kier alpha value is -3.28. The Labute approximate surface area is 164 Å². The predicted octanol–water partition coefficient (Wildman–Crippen LogP) is 4.44. The predicted molar refractivity (Wildman–Crippen MR) is 109 cm³/mol. The first-order valence-corrected chi connectivity index (χ1v) is 9.25. The van der Waals surface area contributed by atoms with Crippen molar-refractivity contribution in [1.29, 1.82) is 0 Å². The number of carbonyl (C=O) groups is 1. The molecule has 0 aliphatic rings. The van der Waals surface area contributed by atoms with Crippen LogP contribution in [-0.4, -0.2) is 30.7 Å². The zero-order valence-corrected chi connectivity index (χ0v) is 16.3. The zero-order chi connectivity index (χ0) is 19.9.